The highest BCUT2D eigenvalue weighted by Gasteiger charge is 1.91. The van der Waals surface area contributed by atoms with Crippen molar-refractivity contribution in [3.8, 4) is 0 Å². The lowest BCUT2D eigenvalue weighted by atomic mass is 10.3. The van der Waals surface area contributed by atoms with Gasteiger partial charge in [-0.15, -0.1) is 0 Å². The number of rotatable bonds is 2. The van der Waals surface area contributed by atoms with E-state index in [1.807, 2.05) is 18.4 Å². The fourth-order valence-electron chi connectivity index (χ4n) is 0.827. The second kappa shape index (κ2) is 4.01. The summed E-state index contributed by atoms with van der Waals surface area (Å²) in [5, 5.41) is 0. The van der Waals surface area contributed by atoms with Gasteiger partial charge in [0.2, 0.25) is 0 Å². The molecule has 0 aliphatic carbocycles. The Kier molecular flexibility index (Phi) is 2.90. The van der Waals surface area contributed by atoms with Crippen LogP contribution in [0.1, 0.15) is 12.8 Å². The molecule has 2 N–H and O–H groups in total. The van der Waals surface area contributed by atoms with E-state index < -0.39 is 0 Å². The van der Waals surface area contributed by atoms with Gasteiger partial charge in [-0.3, -0.25) is 4.99 Å². The molecule has 1 rings (SSSR count). The molecular formula is C8H12N2. The molecule has 10 heavy (non-hydrogen) atoms. The van der Waals surface area contributed by atoms with E-state index in [1.54, 1.807) is 0 Å². The van der Waals surface area contributed by atoms with Crippen molar-refractivity contribution in [2.75, 3.05) is 6.54 Å². The molecule has 0 atom stereocenters. The molecule has 1 aliphatic heterocycles. The smallest absolute Gasteiger partial charge is 0.0412 e. The van der Waals surface area contributed by atoms with Crippen molar-refractivity contribution in [1.29, 1.82) is 0 Å². The minimum atomic E-state index is 0.678. The lowest BCUT2D eigenvalue weighted by Gasteiger charge is -1.93. The van der Waals surface area contributed by atoms with Gasteiger partial charge in [-0.1, -0.05) is 12.2 Å². The summed E-state index contributed by atoms with van der Waals surface area (Å²) in [4.78, 5) is 4.21. The largest absolute Gasteiger partial charge is 0.330 e. The van der Waals surface area contributed by atoms with Gasteiger partial charge in [0, 0.05) is 24.8 Å². The summed E-state index contributed by atoms with van der Waals surface area (Å²) in [5.74, 6) is 0. The van der Waals surface area contributed by atoms with Crippen molar-refractivity contribution < 1.29 is 0 Å². The Bertz CT molecular complexity index is 178. The van der Waals surface area contributed by atoms with E-state index in [-0.39, 0.29) is 0 Å². The molecule has 0 saturated carbocycles. The Morgan fingerprint density at radius 3 is 3.30 bits per heavy atom. The molecule has 54 valence electrons. The van der Waals surface area contributed by atoms with Gasteiger partial charge >= 0.3 is 0 Å². The topological polar surface area (TPSA) is 38.4 Å². The molecule has 0 aromatic carbocycles. The number of aliphatic imine (C=N–C) groups is 1. The molecule has 2 heteroatoms. The summed E-state index contributed by atoms with van der Waals surface area (Å²) in [6.07, 6.45) is 9.83. The second-order valence-corrected chi connectivity index (χ2v) is 2.17. The molecule has 0 aromatic heterocycles. The molecule has 0 radical (unpaired) electrons. The van der Waals surface area contributed by atoms with Crippen molar-refractivity contribution in [1.82, 2.24) is 0 Å². The monoisotopic (exact) mass is 136 g/mol. The zero-order valence-corrected chi connectivity index (χ0v) is 5.96. The molecule has 0 saturated heterocycles. The van der Waals surface area contributed by atoms with Gasteiger partial charge in [0.25, 0.3) is 0 Å². The van der Waals surface area contributed by atoms with Crippen molar-refractivity contribution in [3.63, 3.8) is 0 Å². The fourth-order valence-corrected chi connectivity index (χ4v) is 0.827. The Hall–Kier alpha value is -0.890. The predicted octanol–water partition coefficient (Wildman–Crippen LogP) is 1.25. The van der Waals surface area contributed by atoms with Crippen LogP contribution in [0.3, 0.4) is 0 Å². The van der Waals surface area contributed by atoms with Gasteiger partial charge in [-0.2, -0.15) is 0 Å². The highest BCUT2D eigenvalue weighted by Crippen LogP contribution is 2.04. The maximum Gasteiger partial charge on any atom is 0.0412 e. The van der Waals surface area contributed by atoms with E-state index in [0.29, 0.717) is 6.54 Å². The summed E-state index contributed by atoms with van der Waals surface area (Å²) in [7, 11) is 0. The molecule has 0 fully saturated rings. The number of hydrogen-bond donors (Lipinski definition) is 1. The molecule has 0 unspecified atom stereocenters. The summed E-state index contributed by atoms with van der Waals surface area (Å²) in [6.45, 7) is 0.678. The number of nitrogens with two attached hydrogens (primary N) is 1. The molecule has 0 aromatic rings. The quantitative estimate of drug-likeness (QED) is 0.609. The SMILES string of the molecule is NCCC1=CC=CCC=N1. The summed E-state index contributed by atoms with van der Waals surface area (Å²) >= 11 is 0. The molecule has 2 nitrogen and oxygen atoms in total. The zero-order chi connectivity index (χ0) is 7.23. The molecule has 1 aliphatic rings. The fraction of sp³-hybridized carbons (Fsp3) is 0.375. The molecular weight excluding hydrogens is 124 g/mol. The third-order valence-electron chi connectivity index (χ3n) is 1.32. The van der Waals surface area contributed by atoms with Gasteiger partial charge < -0.3 is 5.73 Å². The number of hydrogen-bond acceptors (Lipinski definition) is 2. The summed E-state index contributed by atoms with van der Waals surface area (Å²) in [5.41, 5.74) is 6.45. The standard InChI is InChI=1S/C8H12N2/c9-6-5-8-4-2-1-3-7-10-8/h1-2,4,7H,3,5-6,9H2. The minimum absolute atomic E-state index is 0.678. The van der Waals surface area contributed by atoms with E-state index >= 15 is 0 Å². The van der Waals surface area contributed by atoms with Crippen LogP contribution >= 0.6 is 0 Å². The third-order valence-corrected chi connectivity index (χ3v) is 1.32. The Morgan fingerprint density at radius 2 is 2.50 bits per heavy atom. The van der Waals surface area contributed by atoms with Crippen LogP contribution in [-0.4, -0.2) is 12.8 Å². The van der Waals surface area contributed by atoms with Crippen LogP contribution in [0.5, 0.6) is 0 Å². The Morgan fingerprint density at radius 1 is 1.60 bits per heavy atom. The first-order chi connectivity index (χ1) is 4.93. The minimum Gasteiger partial charge on any atom is -0.330 e. The number of nitrogens with zero attached hydrogens (tertiary/aromatic N) is 1. The van der Waals surface area contributed by atoms with Crippen molar-refractivity contribution in [3.05, 3.63) is 23.9 Å². The molecule has 1 heterocycles. The van der Waals surface area contributed by atoms with Crippen molar-refractivity contribution >= 4 is 6.21 Å². The molecule has 0 amide bonds. The Balaban J connectivity index is 2.55. The van der Waals surface area contributed by atoms with Crippen molar-refractivity contribution in [2.45, 2.75) is 12.8 Å². The van der Waals surface area contributed by atoms with E-state index in [2.05, 4.69) is 11.1 Å². The summed E-state index contributed by atoms with van der Waals surface area (Å²) in [6, 6.07) is 0. The first kappa shape index (κ1) is 7.22. The van der Waals surface area contributed by atoms with Gasteiger partial charge in [0.05, 0.1) is 0 Å². The van der Waals surface area contributed by atoms with E-state index in [4.69, 9.17) is 5.73 Å². The van der Waals surface area contributed by atoms with Crippen LogP contribution in [0.25, 0.3) is 0 Å². The van der Waals surface area contributed by atoms with Crippen molar-refractivity contribution in [2.24, 2.45) is 10.7 Å². The maximum absolute atomic E-state index is 5.37. The highest BCUT2D eigenvalue weighted by molar-refractivity contribution is 5.62. The zero-order valence-electron chi connectivity index (χ0n) is 5.96. The second-order valence-electron chi connectivity index (χ2n) is 2.17. The van der Waals surface area contributed by atoms with Crippen LogP contribution < -0.4 is 5.73 Å². The number of allylic oxidation sites excluding steroid dienone is 3. The van der Waals surface area contributed by atoms with E-state index in [1.165, 1.54) is 0 Å². The first-order valence-corrected chi connectivity index (χ1v) is 3.52. The van der Waals surface area contributed by atoms with Crippen LogP contribution in [0.2, 0.25) is 0 Å². The van der Waals surface area contributed by atoms with Gasteiger partial charge in [-0.05, 0) is 12.6 Å². The van der Waals surface area contributed by atoms with Crippen LogP contribution in [0, 0.1) is 0 Å². The average Bonchev–Trinajstić information content (AvgIpc) is 2.17. The van der Waals surface area contributed by atoms with Crippen LogP contribution in [0.4, 0.5) is 0 Å². The Labute approximate surface area is 61.1 Å². The van der Waals surface area contributed by atoms with E-state index in [9.17, 15) is 0 Å². The molecule has 0 bridgehead atoms. The predicted molar refractivity (Wildman–Crippen MR) is 44.0 cm³/mol. The first-order valence-electron chi connectivity index (χ1n) is 3.52. The van der Waals surface area contributed by atoms with E-state index in [0.717, 1.165) is 18.5 Å². The lowest BCUT2D eigenvalue weighted by Crippen LogP contribution is -1.98. The average molecular weight is 136 g/mol. The van der Waals surface area contributed by atoms with Crippen LogP contribution in [-0.2, 0) is 0 Å². The van der Waals surface area contributed by atoms with Gasteiger partial charge in [-0.25, -0.2) is 0 Å². The third kappa shape index (κ3) is 2.15. The lowest BCUT2D eigenvalue weighted by molar-refractivity contribution is 0.938. The van der Waals surface area contributed by atoms with Gasteiger partial charge in [0.15, 0.2) is 0 Å². The highest BCUT2D eigenvalue weighted by atomic mass is 14.7. The molecule has 0 spiro atoms. The summed E-state index contributed by atoms with van der Waals surface area (Å²) < 4.78 is 0. The van der Waals surface area contributed by atoms with Gasteiger partial charge in [0.1, 0.15) is 0 Å². The normalized spacial score (nSPS) is 16.7. The maximum atomic E-state index is 5.37. The van der Waals surface area contributed by atoms with Crippen LogP contribution in [0.15, 0.2) is 28.9 Å².